The summed E-state index contributed by atoms with van der Waals surface area (Å²) in [5.41, 5.74) is 17.7. The van der Waals surface area contributed by atoms with Gasteiger partial charge in [-0.15, -0.1) is 54.1 Å². The molecule has 0 saturated heterocycles. The first kappa shape index (κ1) is 50.5. The maximum Gasteiger partial charge on any atom is 0.121 e. The van der Waals surface area contributed by atoms with Crippen LogP contribution in [0.3, 0.4) is 0 Å². The second-order valence-electron chi connectivity index (χ2n) is 25.1. The fraction of sp³-hybridized carbons (Fsp3) is 0.286. The zero-order valence-electron chi connectivity index (χ0n) is 45.4. The van der Waals surface area contributed by atoms with Crippen molar-refractivity contribution in [2.45, 2.75) is 129 Å². The second-order valence-corrected chi connectivity index (χ2v) is 25.1. The van der Waals surface area contributed by atoms with Gasteiger partial charge in [-0.2, -0.15) is 0 Å². The Morgan fingerprint density at radius 2 is 1.27 bits per heavy atom. The molecule has 3 aliphatic carbocycles. The molecule has 0 aliphatic heterocycles. The van der Waals surface area contributed by atoms with E-state index >= 15 is 0 Å². The van der Waals surface area contributed by atoms with Crippen molar-refractivity contribution in [2.24, 2.45) is 0 Å². The normalized spacial score (nSPS) is 17.6. The maximum atomic E-state index is 6.98. The number of imidazole rings is 1. The van der Waals surface area contributed by atoms with E-state index in [-0.39, 0.29) is 47.2 Å². The summed E-state index contributed by atoms with van der Waals surface area (Å²) in [5, 5.41) is 7.04. The van der Waals surface area contributed by atoms with E-state index in [0.29, 0.717) is 0 Å². The molecule has 11 aromatic rings. The van der Waals surface area contributed by atoms with Crippen LogP contribution in [0.2, 0.25) is 0 Å². The Balaban J connectivity index is 0.000000304. The van der Waals surface area contributed by atoms with E-state index < -0.39 is 0 Å². The first-order chi connectivity index (χ1) is 35.3. The Kier molecular flexibility index (Phi) is 12.3. The summed E-state index contributed by atoms with van der Waals surface area (Å²) in [4.78, 5) is 9.89. The minimum atomic E-state index is -0.182. The van der Waals surface area contributed by atoms with E-state index in [2.05, 4.69) is 225 Å². The zero-order chi connectivity index (χ0) is 51.5. The van der Waals surface area contributed by atoms with Crippen molar-refractivity contribution in [1.29, 1.82) is 0 Å². The molecule has 0 amide bonds. The minimum Gasteiger partial charge on any atom is -0.501 e. The van der Waals surface area contributed by atoms with Crippen molar-refractivity contribution < 1.29 is 24.5 Å². The molecule has 3 heterocycles. The average Bonchev–Trinajstić information content (AvgIpc) is 3.96. The van der Waals surface area contributed by atoms with Crippen LogP contribution < -0.4 is 0 Å². The van der Waals surface area contributed by atoms with Gasteiger partial charge in [-0.05, 0) is 150 Å². The third kappa shape index (κ3) is 8.75. The van der Waals surface area contributed by atoms with Gasteiger partial charge in [0.15, 0.2) is 0 Å². The van der Waals surface area contributed by atoms with E-state index in [1.807, 2.05) is 30.5 Å². The summed E-state index contributed by atoms with van der Waals surface area (Å²) < 4.78 is 9.42. The molecule has 0 unspecified atom stereocenters. The average molecular weight is 1160 g/mol. The fourth-order valence-electron chi connectivity index (χ4n) is 12.2. The predicted octanol–water partition coefficient (Wildman–Crippen LogP) is 18.9. The molecule has 2 bridgehead atoms. The van der Waals surface area contributed by atoms with Crippen LogP contribution in [0.25, 0.3) is 94.0 Å². The van der Waals surface area contributed by atoms with Crippen molar-refractivity contribution >= 4 is 54.5 Å². The summed E-state index contributed by atoms with van der Waals surface area (Å²) in [6, 6.07) is 61.8. The molecule has 1 saturated carbocycles. The Hall–Kier alpha value is -6.65. The second kappa shape index (κ2) is 18.3. The molecular weight excluding hydrogens is 1090 g/mol. The van der Waals surface area contributed by atoms with Gasteiger partial charge in [0.2, 0.25) is 0 Å². The van der Waals surface area contributed by atoms with Crippen LogP contribution in [0.1, 0.15) is 130 Å². The number of rotatable bonds is 4. The topological polar surface area (TPSA) is 43.9 Å². The van der Waals surface area contributed by atoms with Crippen LogP contribution in [0.15, 0.2) is 162 Å². The van der Waals surface area contributed by atoms with Gasteiger partial charge in [0.25, 0.3) is 0 Å². The monoisotopic (exact) mass is 1160 g/mol. The van der Waals surface area contributed by atoms with Crippen molar-refractivity contribution in [1.82, 2.24) is 14.5 Å². The van der Waals surface area contributed by atoms with Crippen molar-refractivity contribution in [3.05, 3.63) is 198 Å². The molecule has 1 fully saturated rings. The van der Waals surface area contributed by atoms with Crippen molar-refractivity contribution in [2.75, 3.05) is 0 Å². The molecule has 0 spiro atoms. The van der Waals surface area contributed by atoms with Crippen LogP contribution >= 0.6 is 0 Å². The van der Waals surface area contributed by atoms with Crippen LogP contribution in [0.4, 0.5) is 0 Å². The maximum absolute atomic E-state index is 6.98. The molecule has 0 N–H and O–H groups in total. The zero-order valence-corrected chi connectivity index (χ0v) is 47.8. The Morgan fingerprint density at radius 1 is 0.560 bits per heavy atom. The smallest absolute Gasteiger partial charge is 0.121 e. The summed E-state index contributed by atoms with van der Waals surface area (Å²) in [6.07, 6.45) is 6.92. The molecule has 3 aliphatic rings. The van der Waals surface area contributed by atoms with Gasteiger partial charge in [0.05, 0.1) is 28.1 Å². The minimum absolute atomic E-state index is 0. The first-order valence-electron chi connectivity index (χ1n) is 26.7. The molecule has 4 nitrogen and oxygen atoms in total. The number of hydrogen-bond donors (Lipinski definition) is 0. The Bertz CT molecular complexity index is 3990. The number of fused-ring (bicyclic) bond motifs is 9. The third-order valence-electron chi connectivity index (χ3n) is 16.8. The van der Waals surface area contributed by atoms with Crippen LogP contribution in [0, 0.1) is 12.1 Å². The Labute approximate surface area is 457 Å². The van der Waals surface area contributed by atoms with Gasteiger partial charge in [-0.1, -0.05) is 166 Å². The van der Waals surface area contributed by atoms with E-state index in [9.17, 15) is 0 Å². The number of furan rings is 1. The number of nitrogens with zero attached hydrogens (tertiary/aromatic N) is 3. The quantitative estimate of drug-likeness (QED) is 0.130. The first-order valence-corrected chi connectivity index (χ1v) is 26.7. The molecule has 1 radical (unpaired) electrons. The SMILES string of the molecule is CC(C)(C)c1cc(-c2ccc3c(c2)C2(C)CCC3(C)CC2)c(-n2c(-c3[c-]ccc4c3oc3cc5c(ccc6ccccc65)cc34)nc3ccccc32)c(C(C)(C)C)c1.CC(C)(C)c1ccnc(-c2[c-]cccc2)c1.[Ir]. The number of benzene rings is 8. The molecular formula is C70H67IrN3O-2. The van der Waals surface area contributed by atoms with Gasteiger partial charge in [-0.3, -0.25) is 4.98 Å². The third-order valence-corrected chi connectivity index (χ3v) is 16.8. The van der Waals surface area contributed by atoms with Gasteiger partial charge >= 0.3 is 0 Å². The van der Waals surface area contributed by atoms with Crippen LogP contribution in [-0.4, -0.2) is 14.5 Å². The van der Waals surface area contributed by atoms with Crippen molar-refractivity contribution in [3.8, 4) is 39.5 Å². The molecule has 3 aromatic heterocycles. The van der Waals surface area contributed by atoms with E-state index in [1.165, 1.54) is 80.7 Å². The predicted molar refractivity (Wildman–Crippen MR) is 311 cm³/mol. The number of hydrogen-bond acceptors (Lipinski definition) is 3. The number of para-hydroxylation sites is 2. The molecule has 8 aromatic carbocycles. The molecule has 5 heteroatoms. The van der Waals surface area contributed by atoms with Gasteiger partial charge < -0.3 is 14.0 Å². The van der Waals surface area contributed by atoms with Gasteiger partial charge in [0, 0.05) is 37.3 Å². The Morgan fingerprint density at radius 3 is 2.00 bits per heavy atom. The number of aromatic nitrogens is 3. The summed E-state index contributed by atoms with van der Waals surface area (Å²) >= 11 is 0. The summed E-state index contributed by atoms with van der Waals surface area (Å²) in [7, 11) is 0. The standard InChI is InChI=1S/C55H51N2O.C15H16N.Ir/c1-52(2,3)36-30-41(35-22-23-43-44(29-35)55(8)26-24-54(43,7)25-27-55)49(45(31-36)53(4,5)6)57-47-19-12-11-18-46(47)56-51(57)39-17-13-16-38-42-28-34-21-20-33-14-9-10-15-37(33)40(34)32-48(42)58-50(38)39;1-15(2,3)13-9-10-16-14(11-13)12-7-5-4-6-8-12;/h9-16,18-23,28-32H,24-27H2,1-8H3;4-7,9-11H,1-3H3;/q2*-1;. The molecule has 379 valence electrons. The van der Waals surface area contributed by atoms with Gasteiger partial charge in [0.1, 0.15) is 5.58 Å². The van der Waals surface area contributed by atoms with Crippen LogP contribution in [-0.2, 0) is 47.2 Å². The molecule has 14 rings (SSSR count). The van der Waals surface area contributed by atoms with E-state index in [0.717, 1.165) is 55.6 Å². The van der Waals surface area contributed by atoms with Crippen molar-refractivity contribution in [3.63, 3.8) is 0 Å². The van der Waals surface area contributed by atoms with E-state index in [4.69, 9.17) is 9.40 Å². The largest absolute Gasteiger partial charge is 0.501 e. The van der Waals surface area contributed by atoms with Gasteiger partial charge in [-0.25, -0.2) is 0 Å². The van der Waals surface area contributed by atoms with E-state index in [1.54, 1.807) is 11.1 Å². The number of pyridine rings is 1. The fourth-order valence-corrected chi connectivity index (χ4v) is 12.2. The molecule has 75 heavy (non-hydrogen) atoms. The summed E-state index contributed by atoms with van der Waals surface area (Å²) in [5.74, 6) is 0.840. The van der Waals surface area contributed by atoms with Crippen LogP contribution in [0.5, 0.6) is 0 Å². The molecule has 0 atom stereocenters. The summed E-state index contributed by atoms with van der Waals surface area (Å²) in [6.45, 7) is 25.7.